The van der Waals surface area contributed by atoms with Gasteiger partial charge in [-0.1, -0.05) is 36.4 Å². The van der Waals surface area contributed by atoms with Crippen molar-refractivity contribution in [3.8, 4) is 17.2 Å². The fourth-order valence-electron chi connectivity index (χ4n) is 4.46. The van der Waals surface area contributed by atoms with Crippen LogP contribution in [0.1, 0.15) is 38.7 Å². The van der Waals surface area contributed by atoms with Crippen LogP contribution in [-0.4, -0.2) is 38.0 Å². The lowest BCUT2D eigenvalue weighted by molar-refractivity contribution is -0.138. The topological polar surface area (TPSA) is 77.1 Å². The molecule has 0 fully saturated rings. The molecule has 10 heteroatoms. The highest BCUT2D eigenvalue weighted by molar-refractivity contribution is 6.06. The molecule has 37 heavy (non-hydrogen) atoms. The molecule has 0 radical (unpaired) electrons. The molecule has 194 valence electrons. The molecule has 0 saturated carbocycles. The molecule has 1 aliphatic heterocycles. The van der Waals surface area contributed by atoms with E-state index < -0.39 is 29.6 Å². The Hall–Kier alpha value is -4.21. The fourth-order valence-corrected chi connectivity index (χ4v) is 4.46. The van der Waals surface area contributed by atoms with Gasteiger partial charge in [0.2, 0.25) is 5.91 Å². The molecule has 1 unspecified atom stereocenters. The van der Waals surface area contributed by atoms with Gasteiger partial charge >= 0.3 is 6.18 Å². The number of hydrogen-bond donors (Lipinski definition) is 1. The van der Waals surface area contributed by atoms with E-state index in [1.54, 1.807) is 30.3 Å². The second-order valence-electron chi connectivity index (χ2n) is 8.31. The number of nitrogens with zero attached hydrogens (tertiary/aromatic N) is 1. The van der Waals surface area contributed by atoms with Gasteiger partial charge in [0.25, 0.3) is 5.91 Å². The lowest BCUT2D eigenvalue weighted by Crippen LogP contribution is -2.39. The average molecular weight is 515 g/mol. The van der Waals surface area contributed by atoms with Crippen LogP contribution in [0.5, 0.6) is 17.2 Å². The second kappa shape index (κ2) is 10.4. The zero-order chi connectivity index (χ0) is 26.7. The average Bonchev–Trinajstić information content (AvgIpc) is 3.17. The third-order valence-electron chi connectivity index (χ3n) is 6.20. The summed E-state index contributed by atoms with van der Waals surface area (Å²) in [6, 6.07) is 14.0. The molecule has 7 nitrogen and oxygen atoms in total. The maximum absolute atomic E-state index is 13.6. The van der Waals surface area contributed by atoms with E-state index in [1.807, 2.05) is 0 Å². The molecular weight excluding hydrogens is 489 g/mol. The second-order valence-corrected chi connectivity index (χ2v) is 8.31. The molecule has 2 amide bonds. The highest BCUT2D eigenvalue weighted by atomic mass is 19.4. The Bertz CT molecular complexity index is 1330. The van der Waals surface area contributed by atoms with Gasteiger partial charge in [-0.3, -0.25) is 9.59 Å². The Labute approximate surface area is 211 Å². The molecule has 0 aromatic heterocycles. The summed E-state index contributed by atoms with van der Waals surface area (Å²) in [4.78, 5) is 28.5. The minimum atomic E-state index is -4.58. The molecule has 0 saturated heterocycles. The van der Waals surface area contributed by atoms with E-state index in [2.05, 4.69) is 5.32 Å². The first kappa shape index (κ1) is 25.9. The van der Waals surface area contributed by atoms with E-state index in [4.69, 9.17) is 14.2 Å². The largest absolute Gasteiger partial charge is 0.497 e. The summed E-state index contributed by atoms with van der Waals surface area (Å²) < 4.78 is 56.6. The molecule has 0 aliphatic carbocycles. The number of nitrogens with one attached hydrogen (secondary N) is 1. The van der Waals surface area contributed by atoms with E-state index in [1.165, 1.54) is 50.5 Å². The van der Waals surface area contributed by atoms with Gasteiger partial charge in [-0.05, 0) is 23.8 Å². The lowest BCUT2D eigenvalue weighted by Gasteiger charge is -2.26. The van der Waals surface area contributed by atoms with E-state index in [9.17, 15) is 22.8 Å². The first-order valence-electron chi connectivity index (χ1n) is 11.3. The molecule has 4 rings (SSSR count). The van der Waals surface area contributed by atoms with Gasteiger partial charge in [0.05, 0.1) is 39.0 Å². The lowest BCUT2D eigenvalue weighted by atomic mass is 10.0. The number of benzene rings is 3. The Kier molecular flexibility index (Phi) is 7.28. The molecular formula is C27H25F3N2O5. The minimum absolute atomic E-state index is 0.0141. The van der Waals surface area contributed by atoms with Crippen LogP contribution in [0, 0.1) is 0 Å². The maximum Gasteiger partial charge on any atom is 0.416 e. The number of para-hydroxylation sites is 1. The van der Waals surface area contributed by atoms with Crippen molar-refractivity contribution in [1.82, 2.24) is 10.2 Å². The van der Waals surface area contributed by atoms with Gasteiger partial charge in [0.15, 0.2) is 0 Å². The molecule has 1 aliphatic rings. The van der Waals surface area contributed by atoms with Crippen LogP contribution in [0.2, 0.25) is 0 Å². The van der Waals surface area contributed by atoms with Gasteiger partial charge in [-0.15, -0.1) is 0 Å². The van der Waals surface area contributed by atoms with Gasteiger partial charge in [0.1, 0.15) is 23.3 Å². The normalized spacial score (nSPS) is 14.8. The van der Waals surface area contributed by atoms with Crippen molar-refractivity contribution in [1.29, 1.82) is 0 Å². The summed E-state index contributed by atoms with van der Waals surface area (Å²) in [5.74, 6) is 0.0351. The number of ether oxygens (including phenoxy) is 3. The van der Waals surface area contributed by atoms with Crippen molar-refractivity contribution >= 4 is 11.8 Å². The smallest absolute Gasteiger partial charge is 0.416 e. The van der Waals surface area contributed by atoms with Gasteiger partial charge in [0, 0.05) is 23.7 Å². The SMILES string of the molecule is COc1cc(OC)c2c(c1)C(=O)N(Cc1ccccc1OC)C2C(=O)NCc1ccccc1C(F)(F)F. The first-order valence-corrected chi connectivity index (χ1v) is 11.3. The maximum atomic E-state index is 13.6. The number of halogens is 3. The van der Waals surface area contributed by atoms with Crippen molar-refractivity contribution < 1.29 is 37.0 Å². The molecule has 0 bridgehead atoms. The van der Waals surface area contributed by atoms with Crippen LogP contribution < -0.4 is 19.5 Å². The Morgan fingerprint density at radius 2 is 1.57 bits per heavy atom. The van der Waals surface area contributed by atoms with Crippen LogP contribution in [0.15, 0.2) is 60.7 Å². The van der Waals surface area contributed by atoms with E-state index >= 15 is 0 Å². The van der Waals surface area contributed by atoms with Crippen LogP contribution in [-0.2, 0) is 24.1 Å². The standard InChI is InChI=1S/C27H25F3N2O5/c1-35-18-12-19-23(22(13-18)37-3)24(32(26(19)34)15-17-9-5-7-11-21(17)36-2)25(33)31-14-16-8-4-6-10-20(16)27(28,29)30/h4-13,24H,14-15H2,1-3H3,(H,31,33). The van der Waals surface area contributed by atoms with Crippen LogP contribution in [0.25, 0.3) is 0 Å². The van der Waals surface area contributed by atoms with Crippen molar-refractivity contribution in [2.75, 3.05) is 21.3 Å². The zero-order valence-corrected chi connectivity index (χ0v) is 20.4. The number of amides is 2. The van der Waals surface area contributed by atoms with Gasteiger partial charge < -0.3 is 24.4 Å². The van der Waals surface area contributed by atoms with Crippen LogP contribution >= 0.6 is 0 Å². The monoisotopic (exact) mass is 514 g/mol. The van der Waals surface area contributed by atoms with Crippen molar-refractivity contribution in [3.05, 3.63) is 88.5 Å². The Morgan fingerprint density at radius 1 is 0.919 bits per heavy atom. The number of hydrogen-bond acceptors (Lipinski definition) is 5. The highest BCUT2D eigenvalue weighted by Crippen LogP contribution is 2.43. The molecule has 1 atom stereocenters. The van der Waals surface area contributed by atoms with E-state index in [0.717, 1.165) is 6.07 Å². The van der Waals surface area contributed by atoms with E-state index in [0.29, 0.717) is 22.6 Å². The molecule has 3 aromatic carbocycles. The Morgan fingerprint density at radius 3 is 2.22 bits per heavy atom. The highest BCUT2D eigenvalue weighted by Gasteiger charge is 2.44. The summed E-state index contributed by atoms with van der Waals surface area (Å²) in [6.45, 7) is -0.365. The van der Waals surface area contributed by atoms with Gasteiger partial charge in [-0.2, -0.15) is 13.2 Å². The first-order chi connectivity index (χ1) is 17.7. The number of fused-ring (bicyclic) bond motifs is 1. The zero-order valence-electron chi connectivity index (χ0n) is 20.4. The number of alkyl halides is 3. The van der Waals surface area contributed by atoms with Crippen molar-refractivity contribution in [2.45, 2.75) is 25.3 Å². The molecule has 1 N–H and O–H groups in total. The quantitative estimate of drug-likeness (QED) is 0.470. The van der Waals surface area contributed by atoms with Crippen molar-refractivity contribution in [3.63, 3.8) is 0 Å². The Balaban J connectivity index is 1.73. The predicted molar refractivity (Wildman–Crippen MR) is 128 cm³/mol. The van der Waals surface area contributed by atoms with Crippen LogP contribution in [0.3, 0.4) is 0 Å². The van der Waals surface area contributed by atoms with Gasteiger partial charge in [-0.25, -0.2) is 0 Å². The predicted octanol–water partition coefficient (Wildman–Crippen LogP) is 4.74. The summed E-state index contributed by atoms with van der Waals surface area (Å²) >= 11 is 0. The molecule has 1 heterocycles. The fraction of sp³-hybridized carbons (Fsp3) is 0.259. The number of carbonyl (C=O) groups is 2. The number of carbonyl (C=O) groups excluding carboxylic acids is 2. The minimum Gasteiger partial charge on any atom is -0.497 e. The third-order valence-corrected chi connectivity index (χ3v) is 6.20. The summed E-state index contributed by atoms with van der Waals surface area (Å²) in [7, 11) is 4.34. The molecule has 0 spiro atoms. The molecule has 3 aromatic rings. The van der Waals surface area contributed by atoms with Crippen molar-refractivity contribution in [2.24, 2.45) is 0 Å². The summed E-state index contributed by atoms with van der Waals surface area (Å²) in [5, 5.41) is 2.59. The summed E-state index contributed by atoms with van der Waals surface area (Å²) in [5.41, 5.74) is 0.237. The number of rotatable bonds is 8. The number of methoxy groups -OCH3 is 3. The van der Waals surface area contributed by atoms with E-state index in [-0.39, 0.29) is 30.0 Å². The third kappa shape index (κ3) is 5.04. The summed E-state index contributed by atoms with van der Waals surface area (Å²) in [6.07, 6.45) is -4.58. The van der Waals surface area contributed by atoms with Crippen LogP contribution in [0.4, 0.5) is 13.2 Å².